The van der Waals surface area contributed by atoms with E-state index in [-0.39, 0.29) is 6.61 Å². The van der Waals surface area contributed by atoms with Crippen LogP contribution >= 0.6 is 0 Å². The fraction of sp³-hybridized carbons (Fsp3) is 0.900. The number of oxime groups is 1. The van der Waals surface area contributed by atoms with Crippen LogP contribution < -0.4 is 5.73 Å². The Hall–Kier alpha value is -0.810. The van der Waals surface area contributed by atoms with Gasteiger partial charge in [-0.1, -0.05) is 12.1 Å². The van der Waals surface area contributed by atoms with Crippen LogP contribution in [0.5, 0.6) is 0 Å². The maximum absolute atomic E-state index is 8.70. The SMILES string of the molecule is CCN(CCCO)CCCCC(N)=NO. The summed E-state index contributed by atoms with van der Waals surface area (Å²) in [5, 5.41) is 20.0. The van der Waals surface area contributed by atoms with Crippen molar-refractivity contribution in [2.45, 2.75) is 32.6 Å². The molecule has 15 heavy (non-hydrogen) atoms. The third-order valence-corrected chi connectivity index (χ3v) is 2.37. The highest BCUT2D eigenvalue weighted by molar-refractivity contribution is 5.79. The lowest BCUT2D eigenvalue weighted by atomic mass is 10.2. The molecule has 0 aromatic heterocycles. The minimum absolute atomic E-state index is 0.251. The van der Waals surface area contributed by atoms with Crippen LogP contribution in [0.1, 0.15) is 32.6 Å². The average molecular weight is 217 g/mol. The Morgan fingerprint density at radius 1 is 1.27 bits per heavy atom. The van der Waals surface area contributed by atoms with Gasteiger partial charge in [-0.05, 0) is 32.4 Å². The van der Waals surface area contributed by atoms with Crippen LogP contribution in [0.25, 0.3) is 0 Å². The van der Waals surface area contributed by atoms with E-state index in [9.17, 15) is 0 Å². The van der Waals surface area contributed by atoms with Gasteiger partial charge in [-0.2, -0.15) is 0 Å². The van der Waals surface area contributed by atoms with Crippen LogP contribution in [0.3, 0.4) is 0 Å². The molecule has 5 nitrogen and oxygen atoms in total. The first kappa shape index (κ1) is 14.2. The van der Waals surface area contributed by atoms with Gasteiger partial charge >= 0.3 is 0 Å². The van der Waals surface area contributed by atoms with Crippen molar-refractivity contribution in [1.29, 1.82) is 0 Å². The molecule has 0 bridgehead atoms. The molecule has 0 amide bonds. The molecule has 0 spiro atoms. The molecule has 0 heterocycles. The van der Waals surface area contributed by atoms with Crippen LogP contribution in [0.15, 0.2) is 5.16 Å². The van der Waals surface area contributed by atoms with Crippen molar-refractivity contribution in [3.8, 4) is 0 Å². The number of nitrogens with two attached hydrogens (primary N) is 1. The van der Waals surface area contributed by atoms with Gasteiger partial charge in [0.15, 0.2) is 0 Å². The van der Waals surface area contributed by atoms with Crippen LogP contribution in [0.4, 0.5) is 0 Å². The van der Waals surface area contributed by atoms with Crippen LogP contribution in [-0.2, 0) is 0 Å². The zero-order chi connectivity index (χ0) is 11.5. The summed E-state index contributed by atoms with van der Waals surface area (Å²) in [5.41, 5.74) is 5.36. The summed E-state index contributed by atoms with van der Waals surface area (Å²) in [5.74, 6) is 0.299. The largest absolute Gasteiger partial charge is 0.409 e. The molecular weight excluding hydrogens is 194 g/mol. The standard InChI is InChI=1S/C10H23N3O2/c1-2-13(8-5-9-14)7-4-3-6-10(11)12-15/h14-15H,2-9H2,1H3,(H2,11,12). The highest BCUT2D eigenvalue weighted by Gasteiger charge is 2.01. The normalized spacial score (nSPS) is 12.3. The fourth-order valence-corrected chi connectivity index (χ4v) is 1.41. The van der Waals surface area contributed by atoms with Gasteiger partial charge in [0.2, 0.25) is 0 Å². The number of hydrogen-bond donors (Lipinski definition) is 3. The minimum Gasteiger partial charge on any atom is -0.409 e. The van der Waals surface area contributed by atoms with Crippen LogP contribution in [-0.4, -0.2) is 47.3 Å². The fourth-order valence-electron chi connectivity index (χ4n) is 1.41. The predicted octanol–water partition coefficient (Wildman–Crippen LogP) is 0.607. The summed E-state index contributed by atoms with van der Waals surface area (Å²) in [7, 11) is 0. The number of nitrogens with zero attached hydrogens (tertiary/aromatic N) is 2. The van der Waals surface area contributed by atoms with Gasteiger partial charge in [0.1, 0.15) is 5.84 Å². The molecule has 0 unspecified atom stereocenters. The van der Waals surface area contributed by atoms with E-state index in [4.69, 9.17) is 16.0 Å². The molecular formula is C10H23N3O2. The highest BCUT2D eigenvalue weighted by Crippen LogP contribution is 1.99. The quantitative estimate of drug-likeness (QED) is 0.174. The van der Waals surface area contributed by atoms with E-state index in [1.54, 1.807) is 0 Å². The number of hydrogen-bond acceptors (Lipinski definition) is 4. The average Bonchev–Trinajstić information content (AvgIpc) is 2.27. The third-order valence-electron chi connectivity index (χ3n) is 2.37. The first-order chi connectivity index (χ1) is 7.24. The summed E-state index contributed by atoms with van der Waals surface area (Å²) in [4.78, 5) is 2.29. The van der Waals surface area contributed by atoms with Gasteiger partial charge in [0.05, 0.1) is 0 Å². The third kappa shape index (κ3) is 8.20. The zero-order valence-electron chi connectivity index (χ0n) is 9.52. The van der Waals surface area contributed by atoms with Crippen LogP contribution in [0, 0.1) is 0 Å². The molecule has 0 aromatic carbocycles. The van der Waals surface area contributed by atoms with E-state index in [0.29, 0.717) is 12.3 Å². The smallest absolute Gasteiger partial charge is 0.139 e. The molecule has 0 rings (SSSR count). The molecule has 4 N–H and O–H groups in total. The van der Waals surface area contributed by atoms with Gasteiger partial charge < -0.3 is 20.9 Å². The molecule has 0 saturated heterocycles. The van der Waals surface area contributed by atoms with E-state index in [0.717, 1.165) is 38.9 Å². The van der Waals surface area contributed by atoms with Crippen molar-refractivity contribution >= 4 is 5.84 Å². The van der Waals surface area contributed by atoms with Crippen molar-refractivity contribution in [2.24, 2.45) is 10.9 Å². The van der Waals surface area contributed by atoms with E-state index in [1.165, 1.54) is 0 Å². The Morgan fingerprint density at radius 2 is 1.93 bits per heavy atom. The van der Waals surface area contributed by atoms with E-state index >= 15 is 0 Å². The summed E-state index contributed by atoms with van der Waals surface area (Å²) in [6, 6.07) is 0. The Kier molecular flexibility index (Phi) is 9.21. The van der Waals surface area contributed by atoms with Crippen molar-refractivity contribution in [3.05, 3.63) is 0 Å². The molecule has 90 valence electrons. The van der Waals surface area contributed by atoms with Crippen LogP contribution in [0.2, 0.25) is 0 Å². The predicted molar refractivity (Wildman–Crippen MR) is 61.1 cm³/mol. The molecule has 5 heteroatoms. The van der Waals surface area contributed by atoms with E-state index in [1.807, 2.05) is 0 Å². The summed E-state index contributed by atoms with van der Waals surface area (Å²) < 4.78 is 0. The van der Waals surface area contributed by atoms with E-state index < -0.39 is 0 Å². The van der Waals surface area contributed by atoms with E-state index in [2.05, 4.69) is 17.0 Å². The molecule has 0 fully saturated rings. The molecule has 0 saturated carbocycles. The second-order valence-corrected chi connectivity index (χ2v) is 3.56. The van der Waals surface area contributed by atoms with Crippen molar-refractivity contribution in [3.63, 3.8) is 0 Å². The van der Waals surface area contributed by atoms with Gasteiger partial charge in [-0.3, -0.25) is 0 Å². The summed E-state index contributed by atoms with van der Waals surface area (Å²) in [6.07, 6.45) is 3.45. The molecule has 0 aromatic rings. The summed E-state index contributed by atoms with van der Waals surface area (Å²) >= 11 is 0. The van der Waals surface area contributed by atoms with Crippen molar-refractivity contribution < 1.29 is 10.3 Å². The topological polar surface area (TPSA) is 82.1 Å². The number of unbranched alkanes of at least 4 members (excludes halogenated alkanes) is 1. The van der Waals surface area contributed by atoms with Gasteiger partial charge in [-0.15, -0.1) is 0 Å². The molecule has 0 aliphatic heterocycles. The lowest BCUT2D eigenvalue weighted by Gasteiger charge is -2.19. The Morgan fingerprint density at radius 3 is 2.47 bits per heavy atom. The highest BCUT2D eigenvalue weighted by atomic mass is 16.4. The van der Waals surface area contributed by atoms with Gasteiger partial charge in [-0.25, -0.2) is 0 Å². The molecule has 0 aliphatic rings. The van der Waals surface area contributed by atoms with Crippen molar-refractivity contribution in [2.75, 3.05) is 26.2 Å². The number of aliphatic hydroxyl groups excluding tert-OH is 1. The second kappa shape index (κ2) is 9.73. The minimum atomic E-state index is 0.251. The Balaban J connectivity index is 3.45. The molecule has 0 atom stereocenters. The number of rotatable bonds is 9. The molecule has 0 aliphatic carbocycles. The first-order valence-electron chi connectivity index (χ1n) is 5.54. The Bertz CT molecular complexity index is 174. The second-order valence-electron chi connectivity index (χ2n) is 3.56. The monoisotopic (exact) mass is 217 g/mol. The Labute approximate surface area is 91.6 Å². The maximum Gasteiger partial charge on any atom is 0.139 e. The van der Waals surface area contributed by atoms with Crippen molar-refractivity contribution in [1.82, 2.24) is 4.90 Å². The molecule has 0 radical (unpaired) electrons. The zero-order valence-corrected chi connectivity index (χ0v) is 9.52. The lowest BCUT2D eigenvalue weighted by Crippen LogP contribution is -2.26. The first-order valence-corrected chi connectivity index (χ1v) is 5.54. The number of aliphatic hydroxyl groups is 1. The van der Waals surface area contributed by atoms with Gasteiger partial charge in [0, 0.05) is 19.6 Å². The lowest BCUT2D eigenvalue weighted by molar-refractivity contribution is 0.228. The maximum atomic E-state index is 8.70. The summed E-state index contributed by atoms with van der Waals surface area (Å²) in [6.45, 7) is 5.32. The van der Waals surface area contributed by atoms with Gasteiger partial charge in [0.25, 0.3) is 0 Å². The number of amidine groups is 1.